The minimum atomic E-state index is -0.274. The summed E-state index contributed by atoms with van der Waals surface area (Å²) in [5, 5.41) is 3.07. The monoisotopic (exact) mass is 243 g/mol. The van der Waals surface area contributed by atoms with Gasteiger partial charge in [-0.1, -0.05) is 12.6 Å². The largest absolute Gasteiger partial charge is 0.384 e. The summed E-state index contributed by atoms with van der Waals surface area (Å²) in [6.07, 6.45) is 0. The summed E-state index contributed by atoms with van der Waals surface area (Å²) in [6, 6.07) is 9.67. The van der Waals surface area contributed by atoms with Gasteiger partial charge < -0.3 is 11.1 Å². The summed E-state index contributed by atoms with van der Waals surface area (Å²) >= 11 is 0. The molecule has 0 radical (unpaired) electrons. The number of anilines is 2. The molecule has 18 heavy (non-hydrogen) atoms. The van der Waals surface area contributed by atoms with Gasteiger partial charge in [-0.15, -0.1) is 0 Å². The molecule has 2 rings (SSSR count). The van der Waals surface area contributed by atoms with Gasteiger partial charge in [-0.3, -0.25) is 0 Å². The Morgan fingerprint density at radius 1 is 1.22 bits per heavy atom. The molecule has 92 valence electrons. The first-order valence-electron chi connectivity index (χ1n) is 5.51. The third-order valence-electron chi connectivity index (χ3n) is 2.54. The zero-order valence-electron chi connectivity index (χ0n) is 10.1. The fourth-order valence-corrected chi connectivity index (χ4v) is 1.62. The second-order valence-corrected chi connectivity index (χ2v) is 4.01. The Morgan fingerprint density at radius 3 is 2.56 bits per heavy atom. The molecule has 3 nitrogen and oxygen atoms in total. The maximum atomic E-state index is 12.8. The highest BCUT2D eigenvalue weighted by Gasteiger charge is 2.05. The lowest BCUT2D eigenvalue weighted by Gasteiger charge is -2.11. The fourth-order valence-electron chi connectivity index (χ4n) is 1.62. The van der Waals surface area contributed by atoms with E-state index in [1.807, 2.05) is 13.0 Å². The molecule has 0 aliphatic rings. The average molecular weight is 243 g/mol. The van der Waals surface area contributed by atoms with Crippen LogP contribution < -0.4 is 11.1 Å². The highest BCUT2D eigenvalue weighted by molar-refractivity contribution is 5.75. The number of aromatic nitrogens is 1. The lowest BCUT2D eigenvalue weighted by atomic mass is 10.1. The van der Waals surface area contributed by atoms with E-state index in [0.717, 1.165) is 11.3 Å². The van der Waals surface area contributed by atoms with Crippen molar-refractivity contribution < 1.29 is 4.39 Å². The van der Waals surface area contributed by atoms with E-state index in [1.54, 1.807) is 18.2 Å². The van der Waals surface area contributed by atoms with Crippen molar-refractivity contribution in [3.05, 3.63) is 60.1 Å². The molecular formula is C14H14FN3. The van der Waals surface area contributed by atoms with E-state index in [9.17, 15) is 4.39 Å². The standard InChI is InChI=1S/C14H14FN3/c1-9-3-8-13(16)18-14(9)10(2)17-12-6-4-11(15)5-7-12/h3-8,17H,2H2,1H3,(H2,16,18). The van der Waals surface area contributed by atoms with Crippen molar-refractivity contribution in [2.24, 2.45) is 0 Å². The SMILES string of the molecule is C=C(Nc1ccc(F)cc1)c1nc(N)ccc1C. The zero-order chi connectivity index (χ0) is 13.1. The van der Waals surface area contributed by atoms with Crippen LogP contribution in [0.15, 0.2) is 43.0 Å². The molecule has 2 aromatic rings. The lowest BCUT2D eigenvalue weighted by molar-refractivity contribution is 0.628. The first kappa shape index (κ1) is 12.1. The zero-order valence-corrected chi connectivity index (χ0v) is 10.1. The summed E-state index contributed by atoms with van der Waals surface area (Å²) < 4.78 is 12.8. The molecule has 0 aliphatic carbocycles. The van der Waals surface area contributed by atoms with E-state index in [4.69, 9.17) is 5.73 Å². The van der Waals surface area contributed by atoms with Gasteiger partial charge in [0.15, 0.2) is 0 Å². The number of halogens is 1. The average Bonchev–Trinajstić information content (AvgIpc) is 2.35. The summed E-state index contributed by atoms with van der Waals surface area (Å²) in [5.74, 6) is 0.169. The Labute approximate surface area is 105 Å². The van der Waals surface area contributed by atoms with Gasteiger partial charge >= 0.3 is 0 Å². The number of aryl methyl sites for hydroxylation is 1. The van der Waals surface area contributed by atoms with E-state index < -0.39 is 0 Å². The molecule has 0 spiro atoms. The van der Waals surface area contributed by atoms with Crippen molar-refractivity contribution in [3.63, 3.8) is 0 Å². The summed E-state index contributed by atoms with van der Waals surface area (Å²) in [6.45, 7) is 5.85. The molecule has 3 N–H and O–H groups in total. The Balaban J connectivity index is 2.21. The molecule has 0 saturated carbocycles. The van der Waals surface area contributed by atoms with Crippen molar-refractivity contribution in [1.29, 1.82) is 0 Å². The van der Waals surface area contributed by atoms with Gasteiger partial charge in [-0.05, 0) is 42.8 Å². The number of benzene rings is 1. The number of nitrogens with one attached hydrogen (secondary N) is 1. The number of rotatable bonds is 3. The quantitative estimate of drug-likeness (QED) is 0.870. The van der Waals surface area contributed by atoms with Crippen LogP contribution in [-0.2, 0) is 0 Å². The van der Waals surface area contributed by atoms with E-state index >= 15 is 0 Å². The summed E-state index contributed by atoms with van der Waals surface area (Å²) in [7, 11) is 0. The van der Waals surface area contributed by atoms with Gasteiger partial charge in [0.05, 0.1) is 11.4 Å². The van der Waals surface area contributed by atoms with E-state index in [-0.39, 0.29) is 5.82 Å². The lowest BCUT2D eigenvalue weighted by Crippen LogP contribution is -2.04. The first-order chi connectivity index (χ1) is 8.56. The molecule has 0 bridgehead atoms. The van der Waals surface area contributed by atoms with Crippen LogP contribution in [0.1, 0.15) is 11.3 Å². The van der Waals surface area contributed by atoms with Gasteiger partial charge in [0.25, 0.3) is 0 Å². The number of hydrogen-bond donors (Lipinski definition) is 2. The molecule has 0 saturated heterocycles. The van der Waals surface area contributed by atoms with Gasteiger partial charge in [-0.25, -0.2) is 9.37 Å². The Bertz CT molecular complexity index is 576. The third-order valence-corrected chi connectivity index (χ3v) is 2.54. The van der Waals surface area contributed by atoms with Crippen molar-refractivity contribution in [2.45, 2.75) is 6.92 Å². The Hall–Kier alpha value is -2.36. The highest BCUT2D eigenvalue weighted by Crippen LogP contribution is 2.19. The molecule has 1 heterocycles. The molecule has 1 aromatic carbocycles. The van der Waals surface area contributed by atoms with Crippen LogP contribution in [-0.4, -0.2) is 4.98 Å². The number of pyridine rings is 1. The predicted octanol–water partition coefficient (Wildman–Crippen LogP) is 3.19. The maximum Gasteiger partial charge on any atom is 0.124 e. The van der Waals surface area contributed by atoms with Gasteiger partial charge in [-0.2, -0.15) is 0 Å². The number of nitrogens with zero attached hydrogens (tertiary/aromatic N) is 1. The van der Waals surface area contributed by atoms with Crippen LogP contribution in [0.4, 0.5) is 15.9 Å². The Morgan fingerprint density at radius 2 is 1.89 bits per heavy atom. The summed E-state index contributed by atoms with van der Waals surface area (Å²) in [5.41, 5.74) is 8.72. The normalized spacial score (nSPS) is 10.1. The van der Waals surface area contributed by atoms with Crippen LogP contribution in [0, 0.1) is 12.7 Å². The third kappa shape index (κ3) is 2.66. The fraction of sp³-hybridized carbons (Fsp3) is 0.0714. The second-order valence-electron chi connectivity index (χ2n) is 4.01. The molecule has 4 heteroatoms. The van der Waals surface area contributed by atoms with Crippen LogP contribution in [0.2, 0.25) is 0 Å². The van der Waals surface area contributed by atoms with Crippen molar-refractivity contribution >= 4 is 17.2 Å². The number of nitrogens with two attached hydrogens (primary N) is 1. The van der Waals surface area contributed by atoms with Crippen LogP contribution in [0.5, 0.6) is 0 Å². The van der Waals surface area contributed by atoms with E-state index in [0.29, 0.717) is 17.2 Å². The molecule has 1 aromatic heterocycles. The van der Waals surface area contributed by atoms with Crippen molar-refractivity contribution in [3.8, 4) is 0 Å². The Kier molecular flexibility index (Phi) is 3.28. The highest BCUT2D eigenvalue weighted by atomic mass is 19.1. The predicted molar refractivity (Wildman–Crippen MR) is 72.4 cm³/mol. The number of hydrogen-bond acceptors (Lipinski definition) is 3. The summed E-state index contributed by atoms with van der Waals surface area (Å²) in [4.78, 5) is 4.23. The minimum Gasteiger partial charge on any atom is -0.384 e. The van der Waals surface area contributed by atoms with Gasteiger partial charge in [0.1, 0.15) is 11.6 Å². The van der Waals surface area contributed by atoms with Crippen LogP contribution >= 0.6 is 0 Å². The topological polar surface area (TPSA) is 50.9 Å². The molecule has 0 aliphatic heterocycles. The van der Waals surface area contributed by atoms with E-state index in [1.165, 1.54) is 12.1 Å². The van der Waals surface area contributed by atoms with Crippen LogP contribution in [0.3, 0.4) is 0 Å². The second kappa shape index (κ2) is 4.87. The number of nitrogen functional groups attached to an aromatic ring is 1. The van der Waals surface area contributed by atoms with Crippen molar-refractivity contribution in [1.82, 2.24) is 4.98 Å². The first-order valence-corrected chi connectivity index (χ1v) is 5.51. The molecule has 0 atom stereocenters. The maximum absolute atomic E-state index is 12.8. The minimum absolute atomic E-state index is 0.274. The van der Waals surface area contributed by atoms with Crippen LogP contribution in [0.25, 0.3) is 5.70 Å². The van der Waals surface area contributed by atoms with Gasteiger partial charge in [0, 0.05) is 5.69 Å². The smallest absolute Gasteiger partial charge is 0.124 e. The molecule has 0 unspecified atom stereocenters. The van der Waals surface area contributed by atoms with Gasteiger partial charge in [0.2, 0.25) is 0 Å². The molecular weight excluding hydrogens is 229 g/mol. The van der Waals surface area contributed by atoms with E-state index in [2.05, 4.69) is 16.9 Å². The molecule has 0 fully saturated rings. The molecule has 0 amide bonds. The van der Waals surface area contributed by atoms with Crippen molar-refractivity contribution in [2.75, 3.05) is 11.1 Å².